The molecule has 10 N–H and O–H groups in total. The minimum Gasteiger partial charge on any atom is -0.376 e. The molecule has 0 aromatic carbocycles. The monoisotopic (exact) mass is 276 g/mol. The van der Waals surface area contributed by atoms with Crippen LogP contribution in [-0.4, -0.2) is 61.4 Å². The first-order valence-electron chi connectivity index (χ1n) is 4.82. The number of anilines is 3. The van der Waals surface area contributed by atoms with Crippen LogP contribution in [0.15, 0.2) is 0 Å². The molecule has 0 aliphatic heterocycles. The summed E-state index contributed by atoms with van der Waals surface area (Å²) in [5.74, 6) is 0.125. The van der Waals surface area contributed by atoms with Crippen LogP contribution in [0.2, 0.25) is 0 Å². The number of nitrogen functional groups attached to an aromatic ring is 3. The lowest BCUT2D eigenvalue weighted by atomic mass is 10.8. The molecule has 1 heterocycles. The highest BCUT2D eigenvalue weighted by Gasteiger charge is 2.07. The van der Waals surface area contributed by atoms with Gasteiger partial charge in [-0.25, -0.2) is 4.79 Å². The van der Waals surface area contributed by atoms with Crippen molar-refractivity contribution in [3.05, 3.63) is 0 Å². The first kappa shape index (κ1) is 16.6. The van der Waals surface area contributed by atoms with E-state index in [1.165, 1.54) is 0 Å². The van der Waals surface area contributed by atoms with E-state index in [1.54, 1.807) is 0 Å². The molecule has 0 atom stereocenters. The van der Waals surface area contributed by atoms with Gasteiger partial charge in [-0.05, 0) is 0 Å². The number of nitrogens with one attached hydrogen (secondary N) is 1. The normalized spacial score (nSPS) is 9.21. The maximum atomic E-state index is 10.5. The Bertz CT molecular complexity index is 348. The van der Waals surface area contributed by atoms with Gasteiger partial charge in [0.25, 0.3) is 0 Å². The Balaban J connectivity index is 0.000000342. The molecular weight excluding hydrogens is 260 g/mol. The molecule has 108 valence electrons. The Labute approximate surface area is 107 Å². The molecule has 12 heteroatoms. The minimum absolute atomic E-state index is 0.0417. The summed E-state index contributed by atoms with van der Waals surface area (Å²) >= 11 is 0. The maximum Gasteiger partial charge on any atom is 0.322 e. The van der Waals surface area contributed by atoms with E-state index in [-0.39, 0.29) is 17.8 Å². The van der Waals surface area contributed by atoms with Gasteiger partial charge in [0.15, 0.2) is 0 Å². The van der Waals surface area contributed by atoms with Gasteiger partial charge in [-0.1, -0.05) is 0 Å². The van der Waals surface area contributed by atoms with Crippen molar-refractivity contribution in [1.82, 2.24) is 25.2 Å². The second-order valence-electron chi connectivity index (χ2n) is 2.87. The van der Waals surface area contributed by atoms with E-state index in [2.05, 4.69) is 15.0 Å². The minimum atomic E-state index is -0.715. The molecule has 19 heavy (non-hydrogen) atoms. The van der Waals surface area contributed by atoms with Crippen LogP contribution >= 0.6 is 0 Å². The fourth-order valence-electron chi connectivity index (χ4n) is 0.780. The molecule has 0 unspecified atom stereocenters. The first-order chi connectivity index (χ1) is 8.94. The number of amides is 2. The van der Waals surface area contributed by atoms with E-state index in [0.717, 1.165) is 0 Å². The van der Waals surface area contributed by atoms with E-state index in [0.29, 0.717) is 4.90 Å². The van der Waals surface area contributed by atoms with Gasteiger partial charge < -0.3 is 37.8 Å². The van der Waals surface area contributed by atoms with Gasteiger partial charge in [0.2, 0.25) is 17.8 Å². The van der Waals surface area contributed by atoms with Crippen molar-refractivity contribution < 1.29 is 20.1 Å². The number of aliphatic hydroxyl groups is 3. The molecule has 1 aromatic heterocycles. The predicted molar refractivity (Wildman–Crippen MR) is 64.7 cm³/mol. The summed E-state index contributed by atoms with van der Waals surface area (Å²) in [4.78, 5) is 21.7. The predicted octanol–water partition coefficient (Wildman–Crippen LogP) is -3.53. The van der Waals surface area contributed by atoms with Crippen LogP contribution < -0.4 is 22.5 Å². The molecule has 0 aliphatic carbocycles. The molecule has 1 aromatic rings. The van der Waals surface area contributed by atoms with Gasteiger partial charge >= 0.3 is 6.03 Å². The molecule has 12 nitrogen and oxygen atoms in total. The van der Waals surface area contributed by atoms with Crippen LogP contribution in [0.4, 0.5) is 22.6 Å². The van der Waals surface area contributed by atoms with Gasteiger partial charge in [-0.3, -0.25) is 4.90 Å². The largest absolute Gasteiger partial charge is 0.376 e. The van der Waals surface area contributed by atoms with Gasteiger partial charge in [0.05, 0.1) is 0 Å². The smallest absolute Gasteiger partial charge is 0.322 e. The second kappa shape index (κ2) is 8.62. The summed E-state index contributed by atoms with van der Waals surface area (Å²) in [6.45, 7) is -1.68. The molecule has 0 fully saturated rings. The molecule has 0 radical (unpaired) electrons. The standard InChI is InChI=1S/C4H10N2O4.C3H6N6/c7-1-5-4(10)6(2-8)3-9;4-1-7-2(5)9-3(6)8-1/h7-9H,1-3H2,(H,5,10);(H6,4,5,6,7,8,9). The topological polar surface area (TPSA) is 210 Å². The summed E-state index contributed by atoms with van der Waals surface area (Å²) in [6.07, 6.45) is 0. The fraction of sp³-hybridized carbons (Fsp3) is 0.429. The average Bonchev–Trinajstić information content (AvgIpc) is 2.29. The number of nitrogens with two attached hydrogens (primary N) is 3. The van der Waals surface area contributed by atoms with Gasteiger partial charge in [0.1, 0.15) is 20.2 Å². The van der Waals surface area contributed by atoms with Crippen LogP contribution in [0.25, 0.3) is 0 Å². The summed E-state index contributed by atoms with van der Waals surface area (Å²) in [6, 6.07) is -0.715. The van der Waals surface area contributed by atoms with E-state index in [4.69, 9.17) is 32.5 Å². The Kier molecular flexibility index (Phi) is 7.51. The van der Waals surface area contributed by atoms with Gasteiger partial charge in [-0.2, -0.15) is 15.0 Å². The van der Waals surface area contributed by atoms with Crippen LogP contribution in [0.5, 0.6) is 0 Å². The van der Waals surface area contributed by atoms with E-state index in [9.17, 15) is 4.79 Å². The number of urea groups is 1. The Morgan fingerprint density at radius 1 is 1.00 bits per heavy atom. The number of aliphatic hydroxyl groups excluding tert-OH is 3. The third kappa shape index (κ3) is 6.77. The van der Waals surface area contributed by atoms with Crippen LogP contribution in [0.3, 0.4) is 0 Å². The van der Waals surface area contributed by atoms with E-state index >= 15 is 0 Å². The summed E-state index contributed by atoms with van der Waals surface area (Å²) in [5.41, 5.74) is 15.4. The van der Waals surface area contributed by atoms with Crippen molar-refractivity contribution in [2.75, 3.05) is 37.4 Å². The lowest BCUT2D eigenvalue weighted by Gasteiger charge is -2.15. The molecule has 0 saturated heterocycles. The third-order valence-corrected chi connectivity index (χ3v) is 1.55. The number of hydrogen-bond donors (Lipinski definition) is 7. The highest BCUT2D eigenvalue weighted by Crippen LogP contribution is 1.97. The molecular formula is C7H16N8O4. The molecule has 1 rings (SSSR count). The second-order valence-corrected chi connectivity index (χ2v) is 2.87. The van der Waals surface area contributed by atoms with Crippen LogP contribution in [0.1, 0.15) is 0 Å². The molecule has 0 saturated carbocycles. The zero-order valence-corrected chi connectivity index (χ0v) is 9.89. The van der Waals surface area contributed by atoms with Crippen molar-refractivity contribution in [1.29, 1.82) is 0 Å². The van der Waals surface area contributed by atoms with Crippen LogP contribution in [0, 0.1) is 0 Å². The average molecular weight is 276 g/mol. The lowest BCUT2D eigenvalue weighted by molar-refractivity contribution is 0.0539. The molecule has 2 amide bonds. The SMILES string of the molecule is Nc1nc(N)nc(N)n1.O=C(NCO)N(CO)CO. The maximum absolute atomic E-state index is 10.5. The van der Waals surface area contributed by atoms with Gasteiger partial charge in [-0.15, -0.1) is 0 Å². The fourth-order valence-corrected chi connectivity index (χ4v) is 0.780. The third-order valence-electron chi connectivity index (χ3n) is 1.55. The van der Waals surface area contributed by atoms with Crippen LogP contribution in [-0.2, 0) is 0 Å². The molecule has 0 spiro atoms. The number of carbonyl (C=O) groups excluding carboxylic acids is 1. The van der Waals surface area contributed by atoms with Gasteiger partial charge in [0, 0.05) is 0 Å². The van der Waals surface area contributed by atoms with Crippen molar-refractivity contribution in [2.24, 2.45) is 0 Å². The van der Waals surface area contributed by atoms with Crippen molar-refractivity contribution in [3.63, 3.8) is 0 Å². The summed E-state index contributed by atoms with van der Waals surface area (Å²) < 4.78 is 0. The lowest BCUT2D eigenvalue weighted by Crippen LogP contribution is -2.41. The van der Waals surface area contributed by atoms with Crippen molar-refractivity contribution >= 4 is 23.9 Å². The Morgan fingerprint density at radius 3 is 1.63 bits per heavy atom. The van der Waals surface area contributed by atoms with Crippen molar-refractivity contribution in [2.45, 2.75) is 0 Å². The molecule has 0 aliphatic rings. The summed E-state index contributed by atoms with van der Waals surface area (Å²) in [7, 11) is 0. The van der Waals surface area contributed by atoms with E-state index in [1.807, 2.05) is 5.32 Å². The number of hydrogen-bond acceptors (Lipinski definition) is 10. The number of nitrogens with zero attached hydrogens (tertiary/aromatic N) is 4. The van der Waals surface area contributed by atoms with E-state index < -0.39 is 26.2 Å². The summed E-state index contributed by atoms with van der Waals surface area (Å²) in [5, 5.41) is 26.8. The highest BCUT2D eigenvalue weighted by molar-refractivity contribution is 5.73. The number of aromatic nitrogens is 3. The zero-order chi connectivity index (χ0) is 14.8. The number of carbonyl (C=O) groups is 1. The quantitative estimate of drug-likeness (QED) is 0.270. The highest BCUT2D eigenvalue weighted by atomic mass is 16.3. The Hall–Kier alpha value is -2.44. The molecule has 0 bridgehead atoms. The first-order valence-corrected chi connectivity index (χ1v) is 4.82. The number of rotatable bonds is 3. The zero-order valence-electron chi connectivity index (χ0n) is 9.89. The Morgan fingerprint density at radius 2 is 1.37 bits per heavy atom. The van der Waals surface area contributed by atoms with Crippen molar-refractivity contribution in [3.8, 4) is 0 Å².